The maximum atomic E-state index is 13.1. The first-order valence-electron chi connectivity index (χ1n) is 7.54. The van der Waals surface area contributed by atoms with Crippen LogP contribution in [0.3, 0.4) is 0 Å². The van der Waals surface area contributed by atoms with Crippen molar-refractivity contribution < 1.29 is 9.13 Å². The van der Waals surface area contributed by atoms with Gasteiger partial charge in [-0.3, -0.25) is 0 Å². The summed E-state index contributed by atoms with van der Waals surface area (Å²) < 4.78 is 20.3. The molecule has 20 heavy (non-hydrogen) atoms. The highest BCUT2D eigenvalue weighted by atomic mass is 127. The molecule has 110 valence electrons. The molecule has 2 aliphatic rings. The quantitative estimate of drug-likeness (QED) is 0.756. The lowest BCUT2D eigenvalue weighted by Crippen LogP contribution is -2.33. The lowest BCUT2D eigenvalue weighted by molar-refractivity contribution is -0.0588. The van der Waals surface area contributed by atoms with Crippen molar-refractivity contribution in [3.8, 4) is 0 Å². The Morgan fingerprint density at radius 2 is 2.05 bits per heavy atom. The minimum atomic E-state index is -0.182. The Kier molecular flexibility index (Phi) is 4.50. The molecule has 2 fully saturated rings. The summed E-state index contributed by atoms with van der Waals surface area (Å²) in [6.07, 6.45) is 9.11. The molecule has 1 atom stereocenters. The zero-order valence-corrected chi connectivity index (χ0v) is 13.8. The first kappa shape index (κ1) is 14.6. The van der Waals surface area contributed by atoms with Gasteiger partial charge in [0.15, 0.2) is 0 Å². The van der Waals surface area contributed by atoms with Gasteiger partial charge in [-0.1, -0.05) is 19.3 Å². The number of hydrogen-bond donors (Lipinski definition) is 1. The molecule has 1 aliphatic heterocycles. The van der Waals surface area contributed by atoms with Crippen molar-refractivity contribution in [3.05, 3.63) is 27.6 Å². The Morgan fingerprint density at radius 1 is 1.25 bits per heavy atom. The first-order chi connectivity index (χ1) is 9.67. The minimum absolute atomic E-state index is 0.181. The summed E-state index contributed by atoms with van der Waals surface area (Å²) in [5.74, 6) is -0.182. The Morgan fingerprint density at radius 3 is 2.80 bits per heavy atom. The van der Waals surface area contributed by atoms with Gasteiger partial charge in [0.25, 0.3) is 0 Å². The normalized spacial score (nSPS) is 25.0. The lowest BCUT2D eigenvalue weighted by Gasteiger charge is -2.33. The van der Waals surface area contributed by atoms with Crippen LogP contribution < -0.4 is 5.32 Å². The topological polar surface area (TPSA) is 21.3 Å². The van der Waals surface area contributed by atoms with Gasteiger partial charge in [-0.25, -0.2) is 4.39 Å². The predicted molar refractivity (Wildman–Crippen MR) is 87.5 cm³/mol. The summed E-state index contributed by atoms with van der Waals surface area (Å²) in [5.41, 5.74) is 1.18. The number of anilines is 1. The Balaban J connectivity index is 1.54. The number of nitrogens with one attached hydrogen (secondary N) is 1. The van der Waals surface area contributed by atoms with E-state index in [1.807, 2.05) is 6.07 Å². The Bertz CT molecular complexity index is 474. The third kappa shape index (κ3) is 3.27. The standard InChI is InChI=1S/C16H21FINO/c17-12-4-5-15(14(18)10-12)19-11-13-6-9-16(20-13)7-2-1-3-8-16/h4-5,10,13,19H,1-3,6-9,11H2. The van der Waals surface area contributed by atoms with E-state index in [4.69, 9.17) is 4.74 Å². The Hall–Kier alpha value is -0.360. The number of hydrogen-bond acceptors (Lipinski definition) is 2. The predicted octanol–water partition coefficient (Wildman–Crippen LogP) is 4.72. The average molecular weight is 389 g/mol. The fraction of sp³-hybridized carbons (Fsp3) is 0.625. The van der Waals surface area contributed by atoms with Gasteiger partial charge < -0.3 is 10.1 Å². The molecule has 0 radical (unpaired) electrons. The van der Waals surface area contributed by atoms with Gasteiger partial charge in [-0.15, -0.1) is 0 Å². The van der Waals surface area contributed by atoms with Crippen LogP contribution in [-0.4, -0.2) is 18.2 Å². The van der Waals surface area contributed by atoms with Crippen LogP contribution in [0, 0.1) is 9.39 Å². The van der Waals surface area contributed by atoms with Crippen molar-refractivity contribution in [2.75, 3.05) is 11.9 Å². The highest BCUT2D eigenvalue weighted by Gasteiger charge is 2.40. The smallest absolute Gasteiger partial charge is 0.124 e. The van der Waals surface area contributed by atoms with Crippen LogP contribution in [0.2, 0.25) is 0 Å². The van der Waals surface area contributed by atoms with E-state index < -0.39 is 0 Å². The Labute approximate surface area is 133 Å². The second-order valence-electron chi connectivity index (χ2n) is 6.03. The van der Waals surface area contributed by atoms with E-state index in [0.29, 0.717) is 6.10 Å². The van der Waals surface area contributed by atoms with E-state index in [-0.39, 0.29) is 11.4 Å². The zero-order valence-electron chi connectivity index (χ0n) is 11.6. The molecule has 1 spiro atoms. The summed E-state index contributed by atoms with van der Waals surface area (Å²) in [6, 6.07) is 4.87. The fourth-order valence-electron chi connectivity index (χ4n) is 3.46. The highest BCUT2D eigenvalue weighted by molar-refractivity contribution is 14.1. The molecule has 1 aromatic rings. The third-order valence-electron chi connectivity index (χ3n) is 4.55. The molecular formula is C16H21FINO. The molecule has 0 amide bonds. The van der Waals surface area contributed by atoms with Gasteiger partial charge in [0.05, 0.1) is 11.7 Å². The average Bonchev–Trinajstić information content (AvgIpc) is 2.82. The summed E-state index contributed by atoms with van der Waals surface area (Å²) >= 11 is 2.17. The van der Waals surface area contributed by atoms with Gasteiger partial charge in [0, 0.05) is 15.8 Å². The molecule has 1 aromatic carbocycles. The van der Waals surface area contributed by atoms with Crippen LogP contribution in [0.4, 0.5) is 10.1 Å². The molecule has 2 nitrogen and oxygen atoms in total. The van der Waals surface area contributed by atoms with Crippen LogP contribution in [-0.2, 0) is 4.74 Å². The van der Waals surface area contributed by atoms with Gasteiger partial charge in [-0.05, 0) is 66.5 Å². The van der Waals surface area contributed by atoms with Crippen LogP contribution in [0.25, 0.3) is 0 Å². The maximum absolute atomic E-state index is 13.1. The largest absolute Gasteiger partial charge is 0.382 e. The molecule has 1 saturated heterocycles. The van der Waals surface area contributed by atoms with E-state index in [0.717, 1.165) is 22.2 Å². The highest BCUT2D eigenvalue weighted by Crippen LogP contribution is 2.41. The molecule has 4 heteroatoms. The van der Waals surface area contributed by atoms with E-state index in [1.165, 1.54) is 44.6 Å². The van der Waals surface area contributed by atoms with Crippen LogP contribution in [0.15, 0.2) is 18.2 Å². The number of halogens is 2. The molecule has 1 heterocycles. The fourth-order valence-corrected chi connectivity index (χ4v) is 4.13. The molecule has 1 saturated carbocycles. The lowest BCUT2D eigenvalue weighted by atomic mass is 9.83. The monoisotopic (exact) mass is 389 g/mol. The SMILES string of the molecule is Fc1ccc(NCC2CCC3(CCCCC3)O2)c(I)c1. The van der Waals surface area contributed by atoms with E-state index in [1.54, 1.807) is 6.07 Å². The summed E-state index contributed by atoms with van der Waals surface area (Å²) in [6.45, 7) is 0.823. The number of rotatable bonds is 3. The molecule has 1 aliphatic carbocycles. The molecule has 3 rings (SSSR count). The van der Waals surface area contributed by atoms with Gasteiger partial charge in [0.1, 0.15) is 5.82 Å². The van der Waals surface area contributed by atoms with E-state index in [2.05, 4.69) is 27.9 Å². The number of benzene rings is 1. The van der Waals surface area contributed by atoms with Crippen molar-refractivity contribution in [2.24, 2.45) is 0 Å². The molecular weight excluding hydrogens is 368 g/mol. The summed E-state index contributed by atoms with van der Waals surface area (Å²) in [4.78, 5) is 0. The van der Waals surface area contributed by atoms with Crippen molar-refractivity contribution in [2.45, 2.75) is 56.7 Å². The van der Waals surface area contributed by atoms with Gasteiger partial charge in [-0.2, -0.15) is 0 Å². The maximum Gasteiger partial charge on any atom is 0.124 e. The zero-order chi connectivity index (χ0) is 14.0. The molecule has 0 aromatic heterocycles. The molecule has 0 bridgehead atoms. The first-order valence-corrected chi connectivity index (χ1v) is 8.62. The van der Waals surface area contributed by atoms with Crippen LogP contribution >= 0.6 is 22.6 Å². The van der Waals surface area contributed by atoms with Crippen molar-refractivity contribution in [3.63, 3.8) is 0 Å². The second-order valence-corrected chi connectivity index (χ2v) is 7.19. The molecule has 1 N–H and O–H groups in total. The van der Waals surface area contributed by atoms with Crippen molar-refractivity contribution in [1.82, 2.24) is 0 Å². The van der Waals surface area contributed by atoms with Crippen LogP contribution in [0.5, 0.6) is 0 Å². The molecule has 1 unspecified atom stereocenters. The van der Waals surface area contributed by atoms with E-state index in [9.17, 15) is 4.39 Å². The van der Waals surface area contributed by atoms with Gasteiger partial charge >= 0.3 is 0 Å². The minimum Gasteiger partial charge on any atom is -0.382 e. The summed E-state index contributed by atoms with van der Waals surface area (Å²) in [5, 5.41) is 3.40. The third-order valence-corrected chi connectivity index (χ3v) is 5.45. The van der Waals surface area contributed by atoms with Crippen molar-refractivity contribution >= 4 is 28.3 Å². The number of ether oxygens (including phenoxy) is 1. The van der Waals surface area contributed by atoms with Gasteiger partial charge in [0.2, 0.25) is 0 Å². The van der Waals surface area contributed by atoms with Crippen LogP contribution in [0.1, 0.15) is 44.9 Å². The van der Waals surface area contributed by atoms with Crippen molar-refractivity contribution in [1.29, 1.82) is 0 Å². The van der Waals surface area contributed by atoms with E-state index >= 15 is 0 Å². The second kappa shape index (κ2) is 6.18. The summed E-state index contributed by atoms with van der Waals surface area (Å²) in [7, 11) is 0.